The van der Waals surface area contributed by atoms with Crippen molar-refractivity contribution in [3.63, 3.8) is 0 Å². The van der Waals surface area contributed by atoms with Crippen LogP contribution in [-0.4, -0.2) is 44.3 Å². The van der Waals surface area contributed by atoms with Crippen LogP contribution in [0.5, 0.6) is 5.75 Å². The van der Waals surface area contributed by atoms with E-state index < -0.39 is 5.91 Å². The molecule has 2 aromatic carbocycles. The van der Waals surface area contributed by atoms with Gasteiger partial charge in [-0.2, -0.15) is 5.10 Å². The average molecular weight is 453 g/mol. The summed E-state index contributed by atoms with van der Waals surface area (Å²) in [6.07, 6.45) is 0. The summed E-state index contributed by atoms with van der Waals surface area (Å²) < 4.78 is 6.62. The van der Waals surface area contributed by atoms with Crippen LogP contribution in [0.1, 0.15) is 36.7 Å². The number of nitrogens with one attached hydrogen (secondary N) is 2. The lowest BCUT2D eigenvalue weighted by Crippen LogP contribution is -2.35. The molecule has 0 spiro atoms. The molecule has 2 amide bonds. The fraction of sp³-hybridized carbons (Fsp3) is 0.292. The standard InChI is InChI=1S/C24H28N4O3S/c1-5-28(6-2)20-12-11-17(13-21(20)31-4)24(30)25-14-23(29)27-26-16(3)19-15-32-22-10-8-7-9-18(19)22/h7-13,15H,5-6,14H2,1-4H3,(H,25,30)(H,27,29). The minimum Gasteiger partial charge on any atom is -0.495 e. The van der Waals surface area contributed by atoms with Crippen LogP contribution in [0.2, 0.25) is 0 Å². The van der Waals surface area contributed by atoms with Gasteiger partial charge < -0.3 is 15.0 Å². The maximum atomic E-state index is 12.5. The van der Waals surface area contributed by atoms with E-state index >= 15 is 0 Å². The van der Waals surface area contributed by atoms with Gasteiger partial charge in [0.2, 0.25) is 0 Å². The number of anilines is 1. The first kappa shape index (κ1) is 23.3. The van der Waals surface area contributed by atoms with Crippen molar-refractivity contribution in [3.8, 4) is 5.75 Å². The van der Waals surface area contributed by atoms with Crippen LogP contribution >= 0.6 is 11.3 Å². The number of ether oxygens (including phenoxy) is 1. The molecule has 0 bridgehead atoms. The SMILES string of the molecule is CCN(CC)c1ccc(C(=O)NCC(=O)NN=C(C)c2csc3ccccc23)cc1OC. The van der Waals surface area contributed by atoms with Crippen LogP contribution in [0.25, 0.3) is 10.1 Å². The van der Waals surface area contributed by atoms with Crippen LogP contribution in [0, 0.1) is 0 Å². The number of hydrogen-bond donors (Lipinski definition) is 2. The predicted molar refractivity (Wildman–Crippen MR) is 131 cm³/mol. The van der Waals surface area contributed by atoms with E-state index in [1.165, 1.54) is 0 Å². The van der Waals surface area contributed by atoms with E-state index in [9.17, 15) is 9.59 Å². The Labute approximate surface area is 192 Å². The first-order valence-electron chi connectivity index (χ1n) is 10.5. The lowest BCUT2D eigenvalue weighted by Gasteiger charge is -2.23. The Balaban J connectivity index is 1.60. The molecule has 3 aromatic rings. The first-order valence-corrected chi connectivity index (χ1v) is 11.4. The Morgan fingerprint density at radius 1 is 1.12 bits per heavy atom. The molecule has 168 valence electrons. The van der Waals surface area contributed by atoms with Crippen molar-refractivity contribution in [2.75, 3.05) is 31.6 Å². The zero-order valence-corrected chi connectivity index (χ0v) is 19.6. The number of rotatable bonds is 9. The van der Waals surface area contributed by atoms with E-state index in [2.05, 4.69) is 40.7 Å². The van der Waals surface area contributed by atoms with E-state index in [1.807, 2.05) is 36.6 Å². The number of amides is 2. The third-order valence-corrected chi connectivity index (χ3v) is 6.14. The number of fused-ring (bicyclic) bond motifs is 1. The third-order valence-electron chi connectivity index (χ3n) is 5.17. The van der Waals surface area contributed by atoms with Gasteiger partial charge in [0, 0.05) is 39.7 Å². The van der Waals surface area contributed by atoms with Gasteiger partial charge in [0.1, 0.15) is 5.75 Å². The van der Waals surface area contributed by atoms with E-state index in [4.69, 9.17) is 4.74 Å². The zero-order valence-electron chi connectivity index (χ0n) is 18.8. The molecular formula is C24H28N4O3S. The quantitative estimate of drug-likeness (QED) is 0.379. The molecule has 1 aromatic heterocycles. The predicted octanol–water partition coefficient (Wildman–Crippen LogP) is 4.03. The Morgan fingerprint density at radius 3 is 2.59 bits per heavy atom. The fourth-order valence-corrected chi connectivity index (χ4v) is 4.42. The molecule has 7 nitrogen and oxygen atoms in total. The lowest BCUT2D eigenvalue weighted by molar-refractivity contribution is -0.120. The molecule has 0 unspecified atom stereocenters. The van der Waals surface area contributed by atoms with Gasteiger partial charge in [0.05, 0.1) is 25.1 Å². The average Bonchev–Trinajstić information content (AvgIpc) is 3.26. The Bertz CT molecular complexity index is 1140. The molecule has 0 saturated heterocycles. The molecule has 0 aliphatic carbocycles. The largest absolute Gasteiger partial charge is 0.495 e. The molecule has 8 heteroatoms. The molecule has 0 fully saturated rings. The molecule has 0 saturated carbocycles. The summed E-state index contributed by atoms with van der Waals surface area (Å²) in [5, 5.41) is 9.94. The van der Waals surface area contributed by atoms with Gasteiger partial charge in [-0.3, -0.25) is 9.59 Å². The number of methoxy groups -OCH3 is 1. The van der Waals surface area contributed by atoms with Crippen LogP contribution in [-0.2, 0) is 4.79 Å². The second kappa shape index (κ2) is 10.8. The summed E-state index contributed by atoms with van der Waals surface area (Å²) >= 11 is 1.63. The fourth-order valence-electron chi connectivity index (χ4n) is 3.41. The Morgan fingerprint density at radius 2 is 1.88 bits per heavy atom. The summed E-state index contributed by atoms with van der Waals surface area (Å²) in [7, 11) is 1.58. The van der Waals surface area contributed by atoms with Crippen LogP contribution in [0.15, 0.2) is 52.9 Å². The van der Waals surface area contributed by atoms with Gasteiger partial charge >= 0.3 is 0 Å². The highest BCUT2D eigenvalue weighted by Gasteiger charge is 2.14. The number of benzene rings is 2. The van der Waals surface area contributed by atoms with Crippen molar-refractivity contribution in [1.29, 1.82) is 0 Å². The second-order valence-electron chi connectivity index (χ2n) is 7.12. The summed E-state index contributed by atoms with van der Waals surface area (Å²) in [5.41, 5.74) is 5.55. The molecule has 0 atom stereocenters. The first-order chi connectivity index (χ1) is 15.5. The van der Waals surface area contributed by atoms with Gasteiger partial charge in [-0.15, -0.1) is 11.3 Å². The lowest BCUT2D eigenvalue weighted by atomic mass is 10.1. The Kier molecular flexibility index (Phi) is 7.83. The highest BCUT2D eigenvalue weighted by Crippen LogP contribution is 2.29. The van der Waals surface area contributed by atoms with E-state index in [-0.39, 0.29) is 12.5 Å². The van der Waals surface area contributed by atoms with Gasteiger partial charge in [-0.05, 0) is 45.0 Å². The van der Waals surface area contributed by atoms with Crippen molar-refractivity contribution in [1.82, 2.24) is 10.7 Å². The van der Waals surface area contributed by atoms with Gasteiger partial charge in [-0.25, -0.2) is 5.43 Å². The van der Waals surface area contributed by atoms with Gasteiger partial charge in [0.25, 0.3) is 11.8 Å². The van der Waals surface area contributed by atoms with Crippen LogP contribution in [0.4, 0.5) is 5.69 Å². The second-order valence-corrected chi connectivity index (χ2v) is 8.03. The van der Waals surface area contributed by atoms with Crippen molar-refractivity contribution in [2.24, 2.45) is 5.10 Å². The van der Waals surface area contributed by atoms with Crippen molar-refractivity contribution in [3.05, 3.63) is 59.0 Å². The summed E-state index contributed by atoms with van der Waals surface area (Å²) in [5.74, 6) is -0.132. The number of thiophene rings is 1. The van der Waals surface area contributed by atoms with Crippen molar-refractivity contribution in [2.45, 2.75) is 20.8 Å². The Hall–Kier alpha value is -3.39. The third kappa shape index (κ3) is 5.26. The van der Waals surface area contributed by atoms with Crippen molar-refractivity contribution >= 4 is 44.6 Å². The minimum absolute atomic E-state index is 0.180. The number of carbonyl (C=O) groups is 2. The highest BCUT2D eigenvalue weighted by molar-refractivity contribution is 7.17. The molecule has 0 aliphatic heterocycles. The van der Waals surface area contributed by atoms with Crippen LogP contribution < -0.4 is 20.4 Å². The summed E-state index contributed by atoms with van der Waals surface area (Å²) in [4.78, 5) is 26.9. The molecule has 32 heavy (non-hydrogen) atoms. The summed E-state index contributed by atoms with van der Waals surface area (Å²) in [6, 6.07) is 13.3. The topological polar surface area (TPSA) is 83.0 Å². The highest BCUT2D eigenvalue weighted by atomic mass is 32.1. The normalized spacial score (nSPS) is 11.3. The molecule has 2 N–H and O–H groups in total. The molecular weight excluding hydrogens is 424 g/mol. The monoisotopic (exact) mass is 452 g/mol. The zero-order chi connectivity index (χ0) is 23.1. The number of carbonyl (C=O) groups excluding carboxylic acids is 2. The van der Waals surface area contributed by atoms with E-state index in [0.29, 0.717) is 17.0 Å². The minimum atomic E-state index is -0.399. The number of hydrogen-bond acceptors (Lipinski definition) is 6. The molecule has 0 aliphatic rings. The maximum absolute atomic E-state index is 12.5. The summed E-state index contributed by atoms with van der Waals surface area (Å²) in [6.45, 7) is 7.46. The molecule has 1 heterocycles. The van der Waals surface area contributed by atoms with Gasteiger partial charge in [-0.1, -0.05) is 18.2 Å². The van der Waals surface area contributed by atoms with E-state index in [0.717, 1.165) is 34.4 Å². The molecule has 0 radical (unpaired) electrons. The maximum Gasteiger partial charge on any atom is 0.259 e. The smallest absolute Gasteiger partial charge is 0.259 e. The molecule has 3 rings (SSSR count). The van der Waals surface area contributed by atoms with Crippen LogP contribution in [0.3, 0.4) is 0 Å². The van der Waals surface area contributed by atoms with E-state index in [1.54, 1.807) is 30.6 Å². The number of hydrazone groups is 1. The van der Waals surface area contributed by atoms with Gasteiger partial charge in [0.15, 0.2) is 0 Å². The number of nitrogens with zero attached hydrogens (tertiary/aromatic N) is 2. The van der Waals surface area contributed by atoms with Crippen molar-refractivity contribution < 1.29 is 14.3 Å².